The molecular formula is C11H13N3O2. The zero-order valence-corrected chi connectivity index (χ0v) is 9.06. The van der Waals surface area contributed by atoms with Crippen molar-refractivity contribution in [3.63, 3.8) is 0 Å². The number of nitrogens with one attached hydrogen (secondary N) is 1. The topological polar surface area (TPSA) is 62.3 Å². The third-order valence-electron chi connectivity index (χ3n) is 2.47. The van der Waals surface area contributed by atoms with Gasteiger partial charge in [0.05, 0.1) is 6.54 Å². The van der Waals surface area contributed by atoms with Gasteiger partial charge < -0.3 is 5.32 Å². The number of carbonyl (C=O) groups is 2. The van der Waals surface area contributed by atoms with Crippen molar-refractivity contribution in [2.24, 2.45) is 0 Å². The fraction of sp³-hybridized carbons (Fsp3) is 0.364. The van der Waals surface area contributed by atoms with E-state index in [0.29, 0.717) is 13.0 Å². The van der Waals surface area contributed by atoms with E-state index in [0.717, 1.165) is 11.3 Å². The molecule has 0 bridgehead atoms. The van der Waals surface area contributed by atoms with Crippen molar-refractivity contribution < 1.29 is 9.59 Å². The second-order valence-corrected chi connectivity index (χ2v) is 3.77. The van der Waals surface area contributed by atoms with Gasteiger partial charge in [-0.05, 0) is 18.6 Å². The molecule has 0 spiro atoms. The van der Waals surface area contributed by atoms with Crippen molar-refractivity contribution in [2.45, 2.75) is 19.9 Å². The van der Waals surface area contributed by atoms with Crippen LogP contribution >= 0.6 is 0 Å². The lowest BCUT2D eigenvalue weighted by Gasteiger charge is -2.25. The number of rotatable bonds is 2. The maximum Gasteiger partial charge on any atom is 0.324 e. The molecule has 16 heavy (non-hydrogen) atoms. The molecular weight excluding hydrogens is 206 g/mol. The van der Waals surface area contributed by atoms with Gasteiger partial charge in [0.2, 0.25) is 5.91 Å². The van der Waals surface area contributed by atoms with E-state index in [9.17, 15) is 9.59 Å². The Morgan fingerprint density at radius 2 is 2.25 bits per heavy atom. The standard InChI is InChI=1S/C11H13N3O2/c1-8-2-3-9(6-13-8)7-14-10(15)4-5-12-11(14)16/h2-3,6H,4-5,7H2,1H3,(H,12,16). The third kappa shape index (κ3) is 2.18. The molecule has 1 saturated heterocycles. The van der Waals surface area contributed by atoms with Crippen LogP contribution in [-0.4, -0.2) is 28.4 Å². The van der Waals surface area contributed by atoms with Crippen LogP contribution in [0.15, 0.2) is 18.3 Å². The highest BCUT2D eigenvalue weighted by Crippen LogP contribution is 2.08. The lowest BCUT2D eigenvalue weighted by atomic mass is 10.2. The third-order valence-corrected chi connectivity index (χ3v) is 2.47. The molecule has 5 heteroatoms. The Morgan fingerprint density at radius 3 is 2.88 bits per heavy atom. The highest BCUT2D eigenvalue weighted by Gasteiger charge is 2.25. The first-order valence-corrected chi connectivity index (χ1v) is 5.16. The second kappa shape index (κ2) is 4.30. The Morgan fingerprint density at radius 1 is 1.44 bits per heavy atom. The monoisotopic (exact) mass is 219 g/mol. The van der Waals surface area contributed by atoms with E-state index >= 15 is 0 Å². The Bertz CT molecular complexity index is 398. The lowest BCUT2D eigenvalue weighted by Crippen LogP contribution is -2.49. The Hall–Kier alpha value is -1.91. The molecule has 0 radical (unpaired) electrons. The molecule has 1 aliphatic heterocycles. The molecule has 0 unspecified atom stereocenters. The second-order valence-electron chi connectivity index (χ2n) is 3.77. The summed E-state index contributed by atoms with van der Waals surface area (Å²) >= 11 is 0. The Labute approximate surface area is 93.5 Å². The van der Waals surface area contributed by atoms with Gasteiger partial charge >= 0.3 is 6.03 Å². The first kappa shape index (κ1) is 10.6. The van der Waals surface area contributed by atoms with Gasteiger partial charge in [-0.1, -0.05) is 6.07 Å². The fourth-order valence-corrected chi connectivity index (χ4v) is 1.55. The number of hydrogen-bond donors (Lipinski definition) is 1. The van der Waals surface area contributed by atoms with Crippen LogP contribution in [0.2, 0.25) is 0 Å². The van der Waals surface area contributed by atoms with E-state index in [1.165, 1.54) is 4.90 Å². The van der Waals surface area contributed by atoms with Gasteiger partial charge in [-0.15, -0.1) is 0 Å². The molecule has 0 atom stereocenters. The maximum atomic E-state index is 11.5. The quantitative estimate of drug-likeness (QED) is 0.801. The summed E-state index contributed by atoms with van der Waals surface area (Å²) in [7, 11) is 0. The van der Waals surface area contributed by atoms with Gasteiger partial charge in [0.15, 0.2) is 0 Å². The summed E-state index contributed by atoms with van der Waals surface area (Å²) in [5.74, 6) is -0.135. The molecule has 1 N–H and O–H groups in total. The van der Waals surface area contributed by atoms with E-state index in [-0.39, 0.29) is 18.5 Å². The van der Waals surface area contributed by atoms with Crippen LogP contribution in [0.1, 0.15) is 17.7 Å². The van der Waals surface area contributed by atoms with Crippen molar-refractivity contribution in [1.29, 1.82) is 0 Å². The maximum absolute atomic E-state index is 11.5. The number of hydrogen-bond acceptors (Lipinski definition) is 3. The molecule has 84 valence electrons. The van der Waals surface area contributed by atoms with Crippen LogP contribution in [0.4, 0.5) is 4.79 Å². The van der Waals surface area contributed by atoms with Gasteiger partial charge in [0.25, 0.3) is 0 Å². The number of aromatic nitrogens is 1. The minimum absolute atomic E-state index is 0.135. The largest absolute Gasteiger partial charge is 0.337 e. The van der Waals surface area contributed by atoms with Crippen molar-refractivity contribution in [1.82, 2.24) is 15.2 Å². The normalized spacial score (nSPS) is 16.2. The van der Waals surface area contributed by atoms with Crippen LogP contribution in [-0.2, 0) is 11.3 Å². The summed E-state index contributed by atoms with van der Waals surface area (Å²) in [6.45, 7) is 2.61. The van der Waals surface area contributed by atoms with E-state index in [2.05, 4.69) is 10.3 Å². The van der Waals surface area contributed by atoms with E-state index in [1.807, 2.05) is 19.1 Å². The molecule has 0 saturated carbocycles. The number of imide groups is 1. The van der Waals surface area contributed by atoms with Crippen LogP contribution in [0.5, 0.6) is 0 Å². The molecule has 1 aromatic rings. The van der Waals surface area contributed by atoms with Crippen molar-refractivity contribution in [3.8, 4) is 0 Å². The smallest absolute Gasteiger partial charge is 0.324 e. The number of amides is 3. The summed E-state index contributed by atoms with van der Waals surface area (Å²) in [6, 6.07) is 3.41. The van der Waals surface area contributed by atoms with Gasteiger partial charge in [-0.2, -0.15) is 0 Å². The summed E-state index contributed by atoms with van der Waals surface area (Å²) in [5, 5.41) is 2.64. The zero-order valence-electron chi connectivity index (χ0n) is 9.06. The molecule has 1 fully saturated rings. The van der Waals surface area contributed by atoms with E-state index in [4.69, 9.17) is 0 Å². The molecule has 2 rings (SSSR count). The van der Waals surface area contributed by atoms with Crippen LogP contribution in [0, 0.1) is 6.92 Å². The number of urea groups is 1. The van der Waals surface area contributed by atoms with Crippen molar-refractivity contribution in [2.75, 3.05) is 6.54 Å². The van der Waals surface area contributed by atoms with Crippen molar-refractivity contribution >= 4 is 11.9 Å². The average molecular weight is 219 g/mol. The minimum atomic E-state index is -0.322. The predicted molar refractivity (Wildman–Crippen MR) is 57.5 cm³/mol. The lowest BCUT2D eigenvalue weighted by molar-refractivity contribution is -0.129. The van der Waals surface area contributed by atoms with Gasteiger partial charge in [0, 0.05) is 24.9 Å². The number of aryl methyl sites for hydroxylation is 1. The first-order chi connectivity index (χ1) is 7.66. The van der Waals surface area contributed by atoms with Crippen LogP contribution in [0.3, 0.4) is 0 Å². The summed E-state index contributed by atoms with van der Waals surface area (Å²) in [5.41, 5.74) is 1.77. The minimum Gasteiger partial charge on any atom is -0.337 e. The Balaban J connectivity index is 2.10. The number of pyridine rings is 1. The molecule has 1 aliphatic rings. The molecule has 1 aromatic heterocycles. The molecule has 0 aliphatic carbocycles. The summed E-state index contributed by atoms with van der Waals surface area (Å²) < 4.78 is 0. The van der Waals surface area contributed by atoms with Crippen LogP contribution < -0.4 is 5.32 Å². The number of nitrogens with zero attached hydrogens (tertiary/aromatic N) is 2. The number of carbonyl (C=O) groups excluding carboxylic acids is 2. The molecule has 3 amide bonds. The molecule has 5 nitrogen and oxygen atoms in total. The summed E-state index contributed by atoms with van der Waals surface area (Å²) in [6.07, 6.45) is 2.05. The van der Waals surface area contributed by atoms with Crippen molar-refractivity contribution in [3.05, 3.63) is 29.6 Å². The van der Waals surface area contributed by atoms with E-state index in [1.54, 1.807) is 6.20 Å². The van der Waals surface area contributed by atoms with E-state index < -0.39 is 0 Å². The predicted octanol–water partition coefficient (Wildman–Crippen LogP) is 0.832. The SMILES string of the molecule is Cc1ccc(CN2C(=O)CCNC2=O)cn1. The van der Waals surface area contributed by atoms with Crippen LogP contribution in [0.25, 0.3) is 0 Å². The fourth-order valence-electron chi connectivity index (χ4n) is 1.55. The Kier molecular flexibility index (Phi) is 2.85. The average Bonchev–Trinajstić information content (AvgIpc) is 2.26. The first-order valence-electron chi connectivity index (χ1n) is 5.16. The van der Waals surface area contributed by atoms with Gasteiger partial charge in [-0.3, -0.25) is 14.7 Å². The molecule has 2 heterocycles. The van der Waals surface area contributed by atoms with Gasteiger partial charge in [0.1, 0.15) is 0 Å². The zero-order chi connectivity index (χ0) is 11.5. The highest BCUT2D eigenvalue weighted by molar-refractivity contribution is 5.96. The highest BCUT2D eigenvalue weighted by atomic mass is 16.2. The van der Waals surface area contributed by atoms with Gasteiger partial charge in [-0.25, -0.2) is 4.79 Å². The summed E-state index contributed by atoms with van der Waals surface area (Å²) in [4.78, 5) is 28.3. The molecule has 0 aromatic carbocycles.